The highest BCUT2D eigenvalue weighted by molar-refractivity contribution is 7.92. The number of aliphatic carboxylic acids is 1. The molecule has 0 amide bonds. The van der Waals surface area contributed by atoms with Crippen LogP contribution in [0.4, 0.5) is 0 Å². The predicted octanol–water partition coefficient (Wildman–Crippen LogP) is 2.87. The topological polar surface area (TPSA) is 95.2 Å². The number of carboxylic acid groups (broad SMARTS) is 1. The molecule has 1 saturated carbocycles. The number of carboxylic acids is 1. The summed E-state index contributed by atoms with van der Waals surface area (Å²) in [5.41, 5.74) is -1.47. The van der Waals surface area contributed by atoms with Crippen molar-refractivity contribution in [3.63, 3.8) is 0 Å². The molecule has 2 aromatic rings. The largest absolute Gasteiger partial charge is 0.480 e. The Morgan fingerprint density at radius 2 is 1.71 bits per heavy atom. The van der Waals surface area contributed by atoms with E-state index in [4.69, 9.17) is 11.6 Å². The lowest BCUT2D eigenvalue weighted by atomic mass is 10.0. The number of hydrogen-bond donors (Lipinski definition) is 1. The zero-order valence-electron chi connectivity index (χ0n) is 12.3. The van der Waals surface area contributed by atoms with Gasteiger partial charge in [-0.1, -0.05) is 41.9 Å². The Hall–Kier alpha value is -2.36. The van der Waals surface area contributed by atoms with Crippen molar-refractivity contribution < 1.29 is 18.3 Å². The average molecular weight is 362 g/mol. The summed E-state index contributed by atoms with van der Waals surface area (Å²) in [6.45, 7) is 0. The van der Waals surface area contributed by atoms with Gasteiger partial charge >= 0.3 is 5.97 Å². The normalized spacial score (nSPS) is 25.7. The maximum atomic E-state index is 12.9. The minimum absolute atomic E-state index is 0.0452. The summed E-state index contributed by atoms with van der Waals surface area (Å²) < 4.78 is 25.8. The van der Waals surface area contributed by atoms with Crippen LogP contribution in [0.1, 0.15) is 11.5 Å². The van der Waals surface area contributed by atoms with E-state index < -0.39 is 32.4 Å². The molecular weight excluding hydrogens is 350 g/mol. The molecule has 0 aliphatic heterocycles. The Labute approximate surface area is 144 Å². The molecule has 2 aromatic carbocycles. The third kappa shape index (κ3) is 2.29. The number of carbonyl (C=O) groups is 1. The fourth-order valence-corrected chi connectivity index (χ4v) is 5.46. The molecule has 1 aliphatic rings. The molecule has 1 fully saturated rings. The summed E-state index contributed by atoms with van der Waals surface area (Å²) in [5, 5.41) is 18.1. The molecule has 0 radical (unpaired) electrons. The first-order chi connectivity index (χ1) is 11.4. The third-order valence-electron chi connectivity index (χ3n) is 4.31. The number of nitriles is 1. The van der Waals surface area contributed by atoms with Gasteiger partial charge in [0.15, 0.2) is 15.3 Å². The van der Waals surface area contributed by atoms with Crippen LogP contribution in [0.25, 0.3) is 0 Å². The van der Waals surface area contributed by atoms with Gasteiger partial charge in [0, 0.05) is 10.9 Å². The molecule has 0 spiro atoms. The van der Waals surface area contributed by atoms with Crippen molar-refractivity contribution in [3.8, 4) is 6.07 Å². The number of benzene rings is 2. The van der Waals surface area contributed by atoms with E-state index in [0.717, 1.165) is 0 Å². The van der Waals surface area contributed by atoms with Crippen molar-refractivity contribution in [2.24, 2.45) is 5.41 Å². The lowest BCUT2D eigenvalue weighted by Crippen LogP contribution is -2.22. The second-order valence-electron chi connectivity index (χ2n) is 5.59. The van der Waals surface area contributed by atoms with Gasteiger partial charge in [-0.25, -0.2) is 8.42 Å². The monoisotopic (exact) mass is 361 g/mol. The molecule has 3 rings (SSSR count). The van der Waals surface area contributed by atoms with Crippen LogP contribution in [0.3, 0.4) is 0 Å². The molecular formula is C17H12ClNO4S. The van der Waals surface area contributed by atoms with Gasteiger partial charge in [0.1, 0.15) is 5.25 Å². The van der Waals surface area contributed by atoms with Crippen LogP contribution >= 0.6 is 11.6 Å². The predicted molar refractivity (Wildman–Crippen MR) is 87.3 cm³/mol. The minimum Gasteiger partial charge on any atom is -0.480 e. The SMILES string of the molecule is N#C[C@]1(C(=O)O)[C@@H](c2ccccc2)[C@@H]1S(=O)(=O)c1ccc(Cl)cc1. The van der Waals surface area contributed by atoms with Crippen molar-refractivity contribution in [2.75, 3.05) is 0 Å². The Balaban J connectivity index is 2.13. The van der Waals surface area contributed by atoms with E-state index in [2.05, 4.69) is 0 Å². The molecule has 7 heteroatoms. The van der Waals surface area contributed by atoms with Gasteiger partial charge in [0.2, 0.25) is 0 Å². The van der Waals surface area contributed by atoms with E-state index in [-0.39, 0.29) is 4.90 Å². The standard InChI is InChI=1S/C17H12ClNO4S/c18-12-6-8-13(9-7-12)24(22,23)15-14(11-4-2-1-3-5-11)17(15,10-19)16(20)21/h1-9,14-15H,(H,20,21)/t14-,15-,17-/m0/s1. The second-order valence-corrected chi connectivity index (χ2v) is 8.10. The molecule has 0 aromatic heterocycles. The molecule has 0 bridgehead atoms. The zero-order valence-corrected chi connectivity index (χ0v) is 13.8. The second kappa shape index (κ2) is 5.62. The quantitative estimate of drug-likeness (QED) is 0.903. The van der Waals surface area contributed by atoms with Gasteiger partial charge in [-0.3, -0.25) is 4.79 Å². The molecule has 0 heterocycles. The number of sulfone groups is 1. The Kier molecular flexibility index (Phi) is 3.86. The third-order valence-corrected chi connectivity index (χ3v) is 6.80. The first-order valence-electron chi connectivity index (χ1n) is 7.04. The summed E-state index contributed by atoms with van der Waals surface area (Å²) >= 11 is 5.77. The van der Waals surface area contributed by atoms with Crippen LogP contribution in [0.2, 0.25) is 5.02 Å². The molecule has 0 unspecified atom stereocenters. The summed E-state index contributed by atoms with van der Waals surface area (Å²) in [6.07, 6.45) is 0. The number of hydrogen-bond acceptors (Lipinski definition) is 4. The van der Waals surface area contributed by atoms with E-state index in [1.165, 1.54) is 24.3 Å². The van der Waals surface area contributed by atoms with Gasteiger partial charge in [-0.05, 0) is 29.8 Å². The summed E-state index contributed by atoms with van der Waals surface area (Å²) in [7, 11) is -4.01. The summed E-state index contributed by atoms with van der Waals surface area (Å²) in [4.78, 5) is 11.7. The van der Waals surface area contributed by atoms with Crippen LogP contribution in [0, 0.1) is 16.7 Å². The molecule has 5 nitrogen and oxygen atoms in total. The molecule has 1 aliphatic carbocycles. The maximum Gasteiger partial charge on any atom is 0.326 e. The van der Waals surface area contributed by atoms with Gasteiger partial charge in [0.05, 0.1) is 11.0 Å². The van der Waals surface area contributed by atoms with Crippen molar-refractivity contribution in [2.45, 2.75) is 16.1 Å². The summed E-state index contributed by atoms with van der Waals surface area (Å²) in [6, 6.07) is 15.6. The van der Waals surface area contributed by atoms with Gasteiger partial charge < -0.3 is 5.11 Å². The molecule has 3 atom stereocenters. The van der Waals surface area contributed by atoms with Gasteiger partial charge in [-0.2, -0.15) is 5.26 Å². The van der Waals surface area contributed by atoms with E-state index in [0.29, 0.717) is 10.6 Å². The van der Waals surface area contributed by atoms with E-state index in [1.54, 1.807) is 36.4 Å². The van der Waals surface area contributed by atoms with Crippen LogP contribution < -0.4 is 0 Å². The van der Waals surface area contributed by atoms with Gasteiger partial charge in [0.25, 0.3) is 0 Å². The Bertz CT molecular complexity index is 935. The number of halogens is 1. The fourth-order valence-electron chi connectivity index (χ4n) is 3.08. The van der Waals surface area contributed by atoms with Crippen molar-refractivity contribution in [1.29, 1.82) is 5.26 Å². The Morgan fingerprint density at radius 3 is 2.21 bits per heavy atom. The number of rotatable bonds is 4. The van der Waals surface area contributed by atoms with Crippen LogP contribution in [-0.2, 0) is 14.6 Å². The van der Waals surface area contributed by atoms with Gasteiger partial charge in [-0.15, -0.1) is 0 Å². The lowest BCUT2D eigenvalue weighted by Gasteiger charge is -2.05. The first kappa shape index (κ1) is 16.5. The zero-order chi connectivity index (χ0) is 17.5. The maximum absolute atomic E-state index is 12.9. The average Bonchev–Trinajstić information content (AvgIpc) is 3.28. The van der Waals surface area contributed by atoms with Crippen LogP contribution in [0.5, 0.6) is 0 Å². The van der Waals surface area contributed by atoms with Crippen molar-refractivity contribution in [1.82, 2.24) is 0 Å². The highest BCUT2D eigenvalue weighted by Crippen LogP contribution is 2.63. The van der Waals surface area contributed by atoms with E-state index >= 15 is 0 Å². The van der Waals surface area contributed by atoms with Crippen molar-refractivity contribution in [3.05, 3.63) is 65.2 Å². The minimum atomic E-state index is -4.01. The van der Waals surface area contributed by atoms with Crippen molar-refractivity contribution >= 4 is 27.4 Å². The highest BCUT2D eigenvalue weighted by atomic mass is 35.5. The van der Waals surface area contributed by atoms with E-state index in [1.807, 2.05) is 0 Å². The first-order valence-corrected chi connectivity index (χ1v) is 8.97. The molecule has 122 valence electrons. The Morgan fingerprint density at radius 1 is 1.12 bits per heavy atom. The molecule has 0 saturated heterocycles. The fraction of sp³-hybridized carbons (Fsp3) is 0.176. The molecule has 1 N–H and O–H groups in total. The highest BCUT2D eigenvalue weighted by Gasteiger charge is 2.77. The smallest absolute Gasteiger partial charge is 0.326 e. The summed E-state index contributed by atoms with van der Waals surface area (Å²) in [5.74, 6) is -2.34. The van der Waals surface area contributed by atoms with Crippen LogP contribution in [-0.4, -0.2) is 24.7 Å². The number of nitrogens with zero attached hydrogens (tertiary/aromatic N) is 1. The van der Waals surface area contributed by atoms with Crippen LogP contribution in [0.15, 0.2) is 59.5 Å². The lowest BCUT2D eigenvalue weighted by molar-refractivity contribution is -0.141. The molecule has 24 heavy (non-hydrogen) atoms. The van der Waals surface area contributed by atoms with E-state index in [9.17, 15) is 23.6 Å².